The molecule has 0 bridgehead atoms. The van der Waals surface area contributed by atoms with Gasteiger partial charge in [0, 0.05) is 24.7 Å². The Balaban J connectivity index is 1.76. The lowest BCUT2D eigenvalue weighted by Gasteiger charge is -2.06. The van der Waals surface area contributed by atoms with E-state index in [1.54, 1.807) is 12.1 Å². The van der Waals surface area contributed by atoms with Gasteiger partial charge in [-0.25, -0.2) is 9.89 Å². The third-order valence-corrected chi connectivity index (χ3v) is 2.65. The lowest BCUT2D eigenvalue weighted by Crippen LogP contribution is -2.99. The maximum atomic E-state index is 11.7. The number of phenols is 1. The molecule has 21 heavy (non-hydrogen) atoms. The molecular formula is C12H15N5O4. The summed E-state index contributed by atoms with van der Waals surface area (Å²) in [7, 11) is 0. The molecule has 0 aliphatic carbocycles. The lowest BCUT2D eigenvalue weighted by atomic mass is 10.2. The van der Waals surface area contributed by atoms with Gasteiger partial charge >= 0.3 is 5.95 Å². The van der Waals surface area contributed by atoms with E-state index in [2.05, 4.69) is 15.4 Å². The minimum atomic E-state index is -1.18. The molecule has 0 radical (unpaired) electrons. The fraction of sp³-hybridized carbons (Fsp3) is 0.250. The number of anilines is 1. The van der Waals surface area contributed by atoms with Gasteiger partial charge < -0.3 is 15.6 Å². The van der Waals surface area contributed by atoms with Crippen LogP contribution < -0.4 is 10.5 Å². The second-order valence-corrected chi connectivity index (χ2v) is 4.34. The van der Waals surface area contributed by atoms with Crippen LogP contribution in [0.3, 0.4) is 0 Å². The molecule has 1 aromatic heterocycles. The predicted molar refractivity (Wildman–Crippen MR) is 71.8 cm³/mol. The first-order valence-electron chi connectivity index (χ1n) is 6.26. The van der Waals surface area contributed by atoms with Gasteiger partial charge in [-0.3, -0.25) is 4.79 Å². The normalized spacial score (nSPS) is 12.1. The van der Waals surface area contributed by atoms with E-state index in [1.807, 2.05) is 0 Å². The summed E-state index contributed by atoms with van der Waals surface area (Å²) >= 11 is 0. The number of nitrogens with zero attached hydrogens (tertiary/aromatic N) is 3. The summed E-state index contributed by atoms with van der Waals surface area (Å²) in [5, 5.41) is 33.8. The summed E-state index contributed by atoms with van der Waals surface area (Å²) in [6.07, 6.45) is 2.06. The van der Waals surface area contributed by atoms with Gasteiger partial charge in [-0.05, 0) is 18.6 Å². The van der Waals surface area contributed by atoms with Crippen LogP contribution in [0.1, 0.15) is 12.8 Å². The molecule has 112 valence electrons. The molecule has 1 amide bonds. The van der Waals surface area contributed by atoms with Crippen molar-refractivity contribution in [2.45, 2.75) is 19.4 Å². The molecule has 2 aromatic rings. The number of carbonyl (C=O) groups is 1. The summed E-state index contributed by atoms with van der Waals surface area (Å²) in [6.45, 7) is 0.397. The van der Waals surface area contributed by atoms with Gasteiger partial charge in [-0.15, -0.1) is 0 Å². The second kappa shape index (κ2) is 6.79. The molecule has 9 nitrogen and oxygen atoms in total. The quantitative estimate of drug-likeness (QED) is 0.546. The number of rotatable bonds is 6. The summed E-state index contributed by atoms with van der Waals surface area (Å²) in [5.74, 6) is -0.380. The molecular weight excluding hydrogens is 278 g/mol. The van der Waals surface area contributed by atoms with E-state index in [9.17, 15) is 15.1 Å². The molecule has 1 heterocycles. The zero-order valence-electron chi connectivity index (χ0n) is 11.1. The van der Waals surface area contributed by atoms with E-state index in [0.717, 1.165) is 0 Å². The Morgan fingerprint density at radius 1 is 1.48 bits per heavy atom. The van der Waals surface area contributed by atoms with Crippen LogP contribution in [-0.4, -0.2) is 31.0 Å². The predicted octanol–water partition coefficient (Wildman–Crippen LogP) is -0.194. The van der Waals surface area contributed by atoms with Crippen molar-refractivity contribution in [3.8, 4) is 5.75 Å². The monoisotopic (exact) mass is 293 g/mol. The van der Waals surface area contributed by atoms with Gasteiger partial charge in [0.1, 0.15) is 12.1 Å². The summed E-state index contributed by atoms with van der Waals surface area (Å²) < 4.78 is 1.38. The number of aromatic hydroxyl groups is 1. The molecule has 0 saturated heterocycles. The van der Waals surface area contributed by atoms with Crippen molar-refractivity contribution in [3.63, 3.8) is 0 Å². The smallest absolute Gasteiger partial charge is 0.379 e. The van der Waals surface area contributed by atoms with Gasteiger partial charge in [0.15, 0.2) is 0 Å². The number of hydrogen-bond acceptors (Lipinski definition) is 6. The Morgan fingerprint density at radius 2 is 2.29 bits per heavy atom. The highest BCUT2D eigenvalue weighted by Crippen LogP contribution is 2.15. The third-order valence-electron chi connectivity index (χ3n) is 2.65. The van der Waals surface area contributed by atoms with Crippen LogP contribution in [0.15, 0.2) is 30.6 Å². The van der Waals surface area contributed by atoms with Crippen molar-refractivity contribution < 1.29 is 20.3 Å². The van der Waals surface area contributed by atoms with Crippen molar-refractivity contribution in [1.82, 2.24) is 14.8 Å². The largest absolute Gasteiger partial charge is 0.592 e. The number of amides is 1. The van der Waals surface area contributed by atoms with E-state index in [-0.39, 0.29) is 24.0 Å². The van der Waals surface area contributed by atoms with E-state index in [1.165, 1.54) is 23.1 Å². The summed E-state index contributed by atoms with van der Waals surface area (Å²) in [5.41, 5.74) is 0.522. The number of nitrogens with one attached hydrogen (secondary N) is 2. The van der Waals surface area contributed by atoms with Crippen LogP contribution in [0, 0.1) is 5.21 Å². The minimum absolute atomic E-state index is 0.0802. The minimum Gasteiger partial charge on any atom is -0.592 e. The van der Waals surface area contributed by atoms with Gasteiger partial charge in [-0.1, -0.05) is 11.2 Å². The van der Waals surface area contributed by atoms with E-state index in [0.29, 0.717) is 18.7 Å². The Hall–Kier alpha value is -2.49. The van der Waals surface area contributed by atoms with Crippen molar-refractivity contribution in [1.29, 1.82) is 0 Å². The highest BCUT2D eigenvalue weighted by molar-refractivity contribution is 5.90. The van der Waals surface area contributed by atoms with Crippen LogP contribution in [-0.2, 0) is 11.3 Å². The summed E-state index contributed by atoms with van der Waals surface area (Å²) in [4.78, 5) is 15.3. The highest BCUT2D eigenvalue weighted by Gasteiger charge is 2.08. The molecule has 4 N–H and O–H groups in total. The van der Waals surface area contributed by atoms with Crippen LogP contribution in [0.4, 0.5) is 11.6 Å². The Bertz CT molecular complexity index is 613. The molecule has 1 aromatic carbocycles. The zero-order valence-corrected chi connectivity index (χ0v) is 11.1. The van der Waals surface area contributed by atoms with Crippen molar-refractivity contribution in [3.05, 3.63) is 35.8 Å². The third kappa shape index (κ3) is 4.53. The second-order valence-electron chi connectivity index (χ2n) is 4.34. The average Bonchev–Trinajstić information content (AvgIpc) is 2.87. The van der Waals surface area contributed by atoms with E-state index < -0.39 is 5.23 Å². The number of quaternary nitrogens is 1. The number of aryl methyl sites for hydroxylation is 1. The number of benzene rings is 1. The topological polar surface area (TPSA) is 128 Å². The molecule has 1 atom stereocenters. The Labute approximate surface area is 120 Å². The van der Waals surface area contributed by atoms with Crippen LogP contribution in [0.5, 0.6) is 5.75 Å². The number of hydrogen-bond donors (Lipinski definition) is 4. The highest BCUT2D eigenvalue weighted by atomic mass is 16.8. The Kier molecular flexibility index (Phi) is 4.82. The molecule has 0 saturated carbocycles. The van der Waals surface area contributed by atoms with Crippen LogP contribution in [0.25, 0.3) is 0 Å². The maximum absolute atomic E-state index is 11.7. The molecule has 1 unspecified atom stereocenters. The van der Waals surface area contributed by atoms with Gasteiger partial charge in [-0.2, -0.15) is 10.2 Å². The molecule has 0 fully saturated rings. The first-order valence-corrected chi connectivity index (χ1v) is 6.26. The van der Waals surface area contributed by atoms with E-state index >= 15 is 0 Å². The fourth-order valence-corrected chi connectivity index (χ4v) is 1.71. The summed E-state index contributed by atoms with van der Waals surface area (Å²) in [6, 6.07) is 6.27. The van der Waals surface area contributed by atoms with Crippen LogP contribution in [0.2, 0.25) is 0 Å². The number of phenolic OH excluding ortho intramolecular Hbond substituents is 1. The van der Waals surface area contributed by atoms with Gasteiger partial charge in [0.2, 0.25) is 5.91 Å². The average molecular weight is 293 g/mol. The molecule has 0 aliphatic heterocycles. The standard InChI is InChI=1S/C12H15N5O4/c18-10-4-1-3-9(7-10)14-11(19)5-2-6-16-8-13-12(15-16)17(20)21/h1,3-4,7-8,17-18,20H,2,5-6H2,(H,14,19). The Morgan fingerprint density at radius 3 is 2.95 bits per heavy atom. The first-order chi connectivity index (χ1) is 10.0. The number of carbonyl (C=O) groups excluding carboxylic acids is 1. The van der Waals surface area contributed by atoms with Crippen molar-refractivity contribution in [2.75, 3.05) is 5.32 Å². The van der Waals surface area contributed by atoms with Crippen molar-refractivity contribution >= 4 is 17.5 Å². The molecule has 0 spiro atoms. The molecule has 2 rings (SSSR count). The fourth-order valence-electron chi connectivity index (χ4n) is 1.71. The lowest BCUT2D eigenvalue weighted by molar-refractivity contribution is -0.995. The van der Waals surface area contributed by atoms with E-state index in [4.69, 9.17) is 5.21 Å². The van der Waals surface area contributed by atoms with Gasteiger partial charge in [0.25, 0.3) is 0 Å². The molecule has 0 aliphatic rings. The first kappa shape index (κ1) is 14.9. The number of aromatic nitrogens is 3. The van der Waals surface area contributed by atoms with Crippen molar-refractivity contribution in [2.24, 2.45) is 0 Å². The SMILES string of the molecule is O=C(CCCn1cnc([NH+]([O-])O)n1)Nc1cccc(O)c1. The zero-order chi connectivity index (χ0) is 15.2. The van der Waals surface area contributed by atoms with Gasteiger partial charge in [0.05, 0.1) is 0 Å². The maximum Gasteiger partial charge on any atom is 0.379 e. The van der Waals surface area contributed by atoms with Crippen LogP contribution >= 0.6 is 0 Å². The molecule has 9 heteroatoms.